The molecule has 0 atom stereocenters. The van der Waals surface area contributed by atoms with E-state index in [2.05, 4.69) is 28.3 Å². The molecule has 1 saturated heterocycles. The average Bonchev–Trinajstić information content (AvgIpc) is 3.43. The van der Waals surface area contributed by atoms with Crippen LogP contribution in [0.1, 0.15) is 34.1 Å². The molecule has 7 heteroatoms. The highest BCUT2D eigenvalue weighted by molar-refractivity contribution is 7.18. The van der Waals surface area contributed by atoms with Crippen LogP contribution < -0.4 is 0 Å². The summed E-state index contributed by atoms with van der Waals surface area (Å²) in [4.78, 5) is 23.6. The summed E-state index contributed by atoms with van der Waals surface area (Å²) in [6.45, 7) is 1.54. The fourth-order valence-corrected chi connectivity index (χ4v) is 4.81. The minimum absolute atomic E-state index is 0.0906. The van der Waals surface area contributed by atoms with Crippen LogP contribution >= 0.6 is 11.3 Å². The first-order valence-corrected chi connectivity index (χ1v) is 10.2. The van der Waals surface area contributed by atoms with Gasteiger partial charge in [-0.2, -0.15) is 5.10 Å². The third-order valence-electron chi connectivity index (χ3n) is 5.24. The Kier molecular flexibility index (Phi) is 4.37. The molecule has 1 fully saturated rings. The van der Waals surface area contributed by atoms with E-state index in [4.69, 9.17) is 4.98 Å². The quantitative estimate of drug-likeness (QED) is 0.533. The normalized spacial score (nSPS) is 15.2. The van der Waals surface area contributed by atoms with Crippen molar-refractivity contribution in [2.45, 2.75) is 18.8 Å². The second-order valence-electron chi connectivity index (χ2n) is 6.97. The minimum Gasteiger partial charge on any atom is -0.339 e. The molecular formula is C21H19N5OS. The molecule has 0 spiro atoms. The zero-order chi connectivity index (χ0) is 18.9. The maximum atomic E-state index is 12.9. The van der Waals surface area contributed by atoms with E-state index in [1.165, 1.54) is 16.0 Å². The maximum absolute atomic E-state index is 12.9. The summed E-state index contributed by atoms with van der Waals surface area (Å²) in [5, 5.41) is 5.31. The van der Waals surface area contributed by atoms with Crippen LogP contribution in [0.4, 0.5) is 0 Å². The van der Waals surface area contributed by atoms with Gasteiger partial charge in [0.15, 0.2) is 0 Å². The van der Waals surface area contributed by atoms with Crippen LogP contribution in [0.5, 0.6) is 0 Å². The SMILES string of the molecule is O=C(c1ccc(-n2cncn2)cc1)N1CCC(c2nc3ccccc3s2)CC1. The molecule has 0 unspecified atom stereocenters. The number of amides is 1. The van der Waals surface area contributed by atoms with Gasteiger partial charge in [0, 0.05) is 24.6 Å². The Morgan fingerprint density at radius 3 is 2.54 bits per heavy atom. The van der Waals surface area contributed by atoms with E-state index in [0.717, 1.165) is 37.1 Å². The van der Waals surface area contributed by atoms with Gasteiger partial charge in [0.2, 0.25) is 0 Å². The molecule has 2 aromatic carbocycles. The molecule has 6 nitrogen and oxygen atoms in total. The summed E-state index contributed by atoms with van der Waals surface area (Å²) >= 11 is 1.78. The van der Waals surface area contributed by atoms with Gasteiger partial charge in [-0.3, -0.25) is 4.79 Å². The molecule has 1 amide bonds. The van der Waals surface area contributed by atoms with Crippen molar-refractivity contribution in [3.05, 3.63) is 71.8 Å². The number of thiazole rings is 1. The molecule has 0 saturated carbocycles. The number of carbonyl (C=O) groups excluding carboxylic acids is 1. The average molecular weight is 389 g/mol. The molecule has 4 aromatic rings. The lowest BCUT2D eigenvalue weighted by atomic mass is 9.97. The van der Waals surface area contributed by atoms with Gasteiger partial charge in [-0.05, 0) is 49.2 Å². The van der Waals surface area contributed by atoms with Crippen LogP contribution in [-0.2, 0) is 0 Å². The number of fused-ring (bicyclic) bond motifs is 1. The number of piperidine rings is 1. The van der Waals surface area contributed by atoms with Crippen LogP contribution in [0.3, 0.4) is 0 Å². The van der Waals surface area contributed by atoms with E-state index in [0.29, 0.717) is 11.5 Å². The molecule has 0 radical (unpaired) electrons. The van der Waals surface area contributed by atoms with Crippen molar-refractivity contribution in [1.29, 1.82) is 0 Å². The Hall–Kier alpha value is -3.06. The summed E-state index contributed by atoms with van der Waals surface area (Å²) < 4.78 is 2.92. The van der Waals surface area contributed by atoms with E-state index in [9.17, 15) is 4.79 Å². The highest BCUT2D eigenvalue weighted by Gasteiger charge is 2.26. The molecule has 2 aromatic heterocycles. The van der Waals surface area contributed by atoms with Gasteiger partial charge >= 0.3 is 0 Å². The molecule has 3 heterocycles. The molecule has 1 aliphatic rings. The molecule has 0 N–H and O–H groups in total. The second kappa shape index (κ2) is 7.16. The predicted octanol–water partition coefficient (Wildman–Crippen LogP) is 3.90. The third-order valence-corrected chi connectivity index (χ3v) is 6.44. The standard InChI is InChI=1S/C21H19N5OS/c27-21(16-5-7-17(8-6-16)26-14-22-13-23-26)25-11-9-15(10-12-25)20-24-18-3-1-2-4-19(18)28-20/h1-8,13-15H,9-12H2. The zero-order valence-electron chi connectivity index (χ0n) is 15.2. The van der Waals surface area contributed by atoms with Gasteiger partial charge in [-0.1, -0.05) is 12.1 Å². The van der Waals surface area contributed by atoms with Crippen molar-refractivity contribution in [3.8, 4) is 5.69 Å². The van der Waals surface area contributed by atoms with Crippen molar-refractivity contribution in [2.75, 3.05) is 13.1 Å². The lowest BCUT2D eigenvalue weighted by molar-refractivity contribution is 0.0713. The van der Waals surface area contributed by atoms with Gasteiger partial charge in [-0.25, -0.2) is 14.6 Å². The Balaban J connectivity index is 1.25. The topological polar surface area (TPSA) is 63.9 Å². The number of benzene rings is 2. The fourth-order valence-electron chi connectivity index (χ4n) is 3.68. The first-order valence-electron chi connectivity index (χ1n) is 9.38. The minimum atomic E-state index is 0.0906. The number of hydrogen-bond acceptors (Lipinski definition) is 5. The zero-order valence-corrected chi connectivity index (χ0v) is 16.0. The molecular weight excluding hydrogens is 370 g/mol. The smallest absolute Gasteiger partial charge is 0.253 e. The van der Waals surface area contributed by atoms with Crippen LogP contribution in [-0.4, -0.2) is 43.6 Å². The number of nitrogens with zero attached hydrogens (tertiary/aromatic N) is 5. The fraction of sp³-hybridized carbons (Fsp3) is 0.238. The van der Waals surface area contributed by atoms with Crippen molar-refractivity contribution >= 4 is 27.5 Å². The number of para-hydroxylation sites is 1. The maximum Gasteiger partial charge on any atom is 0.253 e. The lowest BCUT2D eigenvalue weighted by Crippen LogP contribution is -2.37. The van der Waals surface area contributed by atoms with Crippen LogP contribution in [0.2, 0.25) is 0 Å². The van der Waals surface area contributed by atoms with Gasteiger partial charge in [0.1, 0.15) is 12.7 Å². The van der Waals surface area contributed by atoms with Crippen molar-refractivity contribution < 1.29 is 4.79 Å². The van der Waals surface area contributed by atoms with Crippen LogP contribution in [0, 0.1) is 0 Å². The third kappa shape index (κ3) is 3.18. The summed E-state index contributed by atoms with van der Waals surface area (Å²) in [5.41, 5.74) is 2.68. The largest absolute Gasteiger partial charge is 0.339 e. The highest BCUT2D eigenvalue weighted by atomic mass is 32.1. The number of aromatic nitrogens is 4. The van der Waals surface area contributed by atoms with E-state index < -0.39 is 0 Å². The summed E-state index contributed by atoms with van der Waals surface area (Å²) in [6.07, 6.45) is 5.06. The predicted molar refractivity (Wildman–Crippen MR) is 109 cm³/mol. The van der Waals surface area contributed by atoms with Crippen molar-refractivity contribution in [3.63, 3.8) is 0 Å². The summed E-state index contributed by atoms with van der Waals surface area (Å²) in [6, 6.07) is 15.8. The lowest BCUT2D eigenvalue weighted by Gasteiger charge is -2.31. The van der Waals surface area contributed by atoms with E-state index in [1.54, 1.807) is 22.3 Å². The van der Waals surface area contributed by atoms with Crippen LogP contribution in [0.15, 0.2) is 61.2 Å². The molecule has 1 aliphatic heterocycles. The first-order chi connectivity index (χ1) is 13.8. The summed E-state index contributed by atoms with van der Waals surface area (Å²) in [5.74, 6) is 0.532. The Labute approximate surface area is 166 Å². The molecule has 140 valence electrons. The number of likely N-dealkylation sites (tertiary alicyclic amines) is 1. The van der Waals surface area contributed by atoms with E-state index in [-0.39, 0.29) is 5.91 Å². The first kappa shape index (κ1) is 17.1. The van der Waals surface area contributed by atoms with E-state index >= 15 is 0 Å². The van der Waals surface area contributed by atoms with Crippen molar-refractivity contribution in [2.24, 2.45) is 0 Å². The van der Waals surface area contributed by atoms with Crippen LogP contribution in [0.25, 0.3) is 15.9 Å². The van der Waals surface area contributed by atoms with Crippen molar-refractivity contribution in [1.82, 2.24) is 24.6 Å². The van der Waals surface area contributed by atoms with Gasteiger partial charge in [0.25, 0.3) is 5.91 Å². The number of rotatable bonds is 3. The molecule has 28 heavy (non-hydrogen) atoms. The molecule has 5 rings (SSSR count). The Morgan fingerprint density at radius 2 is 1.82 bits per heavy atom. The van der Waals surface area contributed by atoms with E-state index in [1.807, 2.05) is 35.2 Å². The highest BCUT2D eigenvalue weighted by Crippen LogP contribution is 2.34. The molecule has 0 bridgehead atoms. The van der Waals surface area contributed by atoms with Gasteiger partial charge in [0.05, 0.1) is 20.9 Å². The number of hydrogen-bond donors (Lipinski definition) is 0. The summed E-state index contributed by atoms with van der Waals surface area (Å²) in [7, 11) is 0. The number of carbonyl (C=O) groups is 1. The van der Waals surface area contributed by atoms with Gasteiger partial charge in [-0.15, -0.1) is 11.3 Å². The van der Waals surface area contributed by atoms with Gasteiger partial charge < -0.3 is 4.90 Å². The monoisotopic (exact) mass is 389 g/mol. The Morgan fingerprint density at radius 1 is 1.04 bits per heavy atom. The second-order valence-corrected chi connectivity index (χ2v) is 8.04. The Bertz CT molecular complexity index is 1060. The molecule has 0 aliphatic carbocycles.